The van der Waals surface area contributed by atoms with Crippen LogP contribution in [0.15, 0.2) is 45.8 Å². The van der Waals surface area contributed by atoms with Crippen molar-refractivity contribution in [1.82, 2.24) is 9.55 Å². The Labute approximate surface area is 127 Å². The number of rotatable bonds is 6. The van der Waals surface area contributed by atoms with Crippen LogP contribution in [0.4, 0.5) is 5.82 Å². The molecule has 0 bridgehead atoms. The Morgan fingerprint density at radius 2 is 2.10 bits per heavy atom. The number of hydrogen-bond donors (Lipinski definition) is 1. The van der Waals surface area contributed by atoms with Crippen molar-refractivity contribution in [3.63, 3.8) is 0 Å². The van der Waals surface area contributed by atoms with E-state index in [1.807, 2.05) is 31.3 Å². The summed E-state index contributed by atoms with van der Waals surface area (Å²) in [6, 6.07) is 9.19. The second kappa shape index (κ2) is 7.24. The molecule has 0 aliphatic carbocycles. The molecule has 0 spiro atoms. The van der Waals surface area contributed by atoms with E-state index in [0.29, 0.717) is 0 Å². The van der Waals surface area contributed by atoms with E-state index in [9.17, 15) is 4.79 Å². The van der Waals surface area contributed by atoms with Crippen LogP contribution in [0.25, 0.3) is 0 Å². The maximum absolute atomic E-state index is 11.5. The van der Waals surface area contributed by atoms with Gasteiger partial charge in [0.2, 0.25) is 5.56 Å². The molecule has 0 aromatic carbocycles. The summed E-state index contributed by atoms with van der Waals surface area (Å²) in [5.41, 5.74) is 1.04. The Balaban J connectivity index is 1.73. The van der Waals surface area contributed by atoms with Crippen LogP contribution in [0, 0.1) is 6.92 Å². The zero-order valence-corrected chi connectivity index (χ0v) is 13.1. The zero-order valence-electron chi connectivity index (χ0n) is 11.5. The normalized spacial score (nSPS) is 10.5. The van der Waals surface area contributed by atoms with Crippen LogP contribution >= 0.6 is 15.9 Å². The first-order valence-electron chi connectivity index (χ1n) is 6.69. The van der Waals surface area contributed by atoms with Crippen molar-refractivity contribution in [3.8, 4) is 0 Å². The van der Waals surface area contributed by atoms with Gasteiger partial charge in [0, 0.05) is 29.8 Å². The second-order valence-corrected chi connectivity index (χ2v) is 5.48. The lowest BCUT2D eigenvalue weighted by Gasteiger charge is -2.08. The van der Waals surface area contributed by atoms with Gasteiger partial charge in [0.25, 0.3) is 0 Å². The molecule has 0 radical (unpaired) electrons. The fourth-order valence-corrected chi connectivity index (χ4v) is 2.13. The topological polar surface area (TPSA) is 46.9 Å². The molecule has 106 valence electrons. The van der Waals surface area contributed by atoms with Crippen molar-refractivity contribution in [2.24, 2.45) is 0 Å². The molecule has 0 fully saturated rings. The highest BCUT2D eigenvalue weighted by Crippen LogP contribution is 2.16. The number of nitrogens with zero attached hydrogens (tertiary/aromatic N) is 2. The number of aromatic nitrogens is 2. The van der Waals surface area contributed by atoms with E-state index in [4.69, 9.17) is 0 Å². The Kier molecular flexibility index (Phi) is 5.35. The maximum Gasteiger partial charge on any atom is 0.250 e. The number of unbranched alkanes of at least 4 members (excludes halogenated alkanes) is 1. The summed E-state index contributed by atoms with van der Waals surface area (Å²) in [5, 5.41) is 3.29. The average molecular weight is 336 g/mol. The monoisotopic (exact) mass is 335 g/mol. The van der Waals surface area contributed by atoms with Gasteiger partial charge in [-0.25, -0.2) is 4.98 Å². The molecule has 0 saturated heterocycles. The standard InChI is InChI=1S/C15H18BrN3O/c1-12-13(16)7-8-14(18-12)17-9-3-5-11-19-10-4-2-6-15(19)20/h2,4,6-8,10H,3,5,9,11H2,1H3,(H,17,18). The average Bonchev–Trinajstić information content (AvgIpc) is 2.44. The van der Waals surface area contributed by atoms with Gasteiger partial charge < -0.3 is 9.88 Å². The van der Waals surface area contributed by atoms with Crippen molar-refractivity contribution >= 4 is 21.7 Å². The lowest BCUT2D eigenvalue weighted by atomic mass is 10.3. The predicted octanol–water partition coefficient (Wildman–Crippen LogP) is 3.21. The van der Waals surface area contributed by atoms with E-state index in [1.54, 1.807) is 16.7 Å². The Bertz CT molecular complexity index is 625. The van der Waals surface area contributed by atoms with Crippen molar-refractivity contribution in [2.45, 2.75) is 26.3 Å². The summed E-state index contributed by atoms with van der Waals surface area (Å²) in [6.45, 7) is 3.58. The number of hydrogen-bond acceptors (Lipinski definition) is 3. The van der Waals surface area contributed by atoms with E-state index < -0.39 is 0 Å². The highest BCUT2D eigenvalue weighted by Gasteiger charge is 1.99. The highest BCUT2D eigenvalue weighted by atomic mass is 79.9. The largest absolute Gasteiger partial charge is 0.370 e. The van der Waals surface area contributed by atoms with Gasteiger partial charge in [0.1, 0.15) is 5.82 Å². The van der Waals surface area contributed by atoms with E-state index in [0.717, 1.165) is 41.9 Å². The van der Waals surface area contributed by atoms with Crippen LogP contribution < -0.4 is 10.9 Å². The Morgan fingerprint density at radius 3 is 2.85 bits per heavy atom. The number of aryl methyl sites for hydroxylation is 2. The summed E-state index contributed by atoms with van der Waals surface area (Å²) >= 11 is 3.43. The third-order valence-corrected chi connectivity index (χ3v) is 3.89. The molecule has 4 nitrogen and oxygen atoms in total. The van der Waals surface area contributed by atoms with Crippen LogP contribution in [0.5, 0.6) is 0 Å². The molecule has 0 atom stereocenters. The molecule has 5 heteroatoms. The first-order valence-corrected chi connectivity index (χ1v) is 7.48. The molecule has 20 heavy (non-hydrogen) atoms. The molecule has 0 saturated carbocycles. The summed E-state index contributed by atoms with van der Waals surface area (Å²) < 4.78 is 2.76. The van der Waals surface area contributed by atoms with Gasteiger partial charge in [-0.05, 0) is 53.9 Å². The molecule has 2 aromatic heterocycles. The van der Waals surface area contributed by atoms with Crippen LogP contribution in [-0.4, -0.2) is 16.1 Å². The second-order valence-electron chi connectivity index (χ2n) is 4.63. The Morgan fingerprint density at radius 1 is 1.25 bits per heavy atom. The molecule has 2 rings (SSSR count). The van der Waals surface area contributed by atoms with Crippen molar-refractivity contribution in [3.05, 3.63) is 57.0 Å². The molecular weight excluding hydrogens is 318 g/mol. The highest BCUT2D eigenvalue weighted by molar-refractivity contribution is 9.10. The van der Waals surface area contributed by atoms with Crippen molar-refractivity contribution in [1.29, 1.82) is 0 Å². The lowest BCUT2D eigenvalue weighted by Crippen LogP contribution is -2.18. The molecule has 0 aliphatic rings. The molecule has 2 aromatic rings. The summed E-state index contributed by atoms with van der Waals surface area (Å²) in [6.07, 6.45) is 3.79. The number of anilines is 1. The smallest absolute Gasteiger partial charge is 0.250 e. The number of pyridine rings is 2. The fourth-order valence-electron chi connectivity index (χ4n) is 1.91. The van der Waals surface area contributed by atoms with Gasteiger partial charge in [-0.2, -0.15) is 0 Å². The first kappa shape index (κ1) is 14.8. The molecule has 2 heterocycles. The summed E-state index contributed by atoms with van der Waals surface area (Å²) in [5.74, 6) is 0.891. The minimum atomic E-state index is 0.0608. The molecule has 1 N–H and O–H groups in total. The molecule has 0 unspecified atom stereocenters. The fraction of sp³-hybridized carbons (Fsp3) is 0.333. The number of halogens is 1. The van der Waals surface area contributed by atoms with Crippen LogP contribution in [-0.2, 0) is 6.54 Å². The molecular formula is C15H18BrN3O. The molecule has 0 aliphatic heterocycles. The van der Waals surface area contributed by atoms with Crippen LogP contribution in [0.1, 0.15) is 18.5 Å². The van der Waals surface area contributed by atoms with Gasteiger partial charge in [-0.15, -0.1) is 0 Å². The van der Waals surface area contributed by atoms with Gasteiger partial charge in [0.15, 0.2) is 0 Å². The van der Waals surface area contributed by atoms with Gasteiger partial charge >= 0.3 is 0 Å². The van der Waals surface area contributed by atoms with Crippen LogP contribution in [0.3, 0.4) is 0 Å². The minimum absolute atomic E-state index is 0.0608. The van der Waals surface area contributed by atoms with E-state index >= 15 is 0 Å². The van der Waals surface area contributed by atoms with E-state index in [1.165, 1.54) is 0 Å². The lowest BCUT2D eigenvalue weighted by molar-refractivity contribution is 0.604. The van der Waals surface area contributed by atoms with Crippen molar-refractivity contribution in [2.75, 3.05) is 11.9 Å². The van der Waals surface area contributed by atoms with Gasteiger partial charge in [-0.3, -0.25) is 4.79 Å². The van der Waals surface area contributed by atoms with Crippen molar-refractivity contribution < 1.29 is 0 Å². The maximum atomic E-state index is 11.5. The third-order valence-electron chi connectivity index (χ3n) is 3.05. The van der Waals surface area contributed by atoms with Gasteiger partial charge in [0.05, 0.1) is 5.69 Å². The summed E-state index contributed by atoms with van der Waals surface area (Å²) in [4.78, 5) is 15.9. The quantitative estimate of drug-likeness (QED) is 0.824. The molecule has 0 amide bonds. The predicted molar refractivity (Wildman–Crippen MR) is 85.1 cm³/mol. The minimum Gasteiger partial charge on any atom is -0.370 e. The van der Waals surface area contributed by atoms with Crippen LogP contribution in [0.2, 0.25) is 0 Å². The van der Waals surface area contributed by atoms with Gasteiger partial charge in [-0.1, -0.05) is 6.07 Å². The number of nitrogens with one attached hydrogen (secondary N) is 1. The SMILES string of the molecule is Cc1nc(NCCCCn2ccccc2=O)ccc1Br. The zero-order chi connectivity index (χ0) is 14.4. The third kappa shape index (κ3) is 4.20. The summed E-state index contributed by atoms with van der Waals surface area (Å²) in [7, 11) is 0. The first-order chi connectivity index (χ1) is 9.66. The van der Waals surface area contributed by atoms with E-state index in [-0.39, 0.29) is 5.56 Å². The Hall–Kier alpha value is -1.62. The van der Waals surface area contributed by atoms with E-state index in [2.05, 4.69) is 26.2 Å².